The number of ether oxygens (including phenoxy) is 1. The second-order valence-electron chi connectivity index (χ2n) is 6.17. The topological polar surface area (TPSA) is 21.3 Å². The molecule has 2 nitrogen and oxygen atoms in total. The third-order valence-electron chi connectivity index (χ3n) is 3.66. The van der Waals surface area contributed by atoms with Crippen LogP contribution in [0.25, 0.3) is 0 Å². The number of hydrogen-bond acceptors (Lipinski definition) is 2. The van der Waals surface area contributed by atoms with E-state index in [0.717, 1.165) is 18.5 Å². The van der Waals surface area contributed by atoms with Crippen LogP contribution in [0.2, 0.25) is 0 Å². The Balaban J connectivity index is 1.94. The minimum atomic E-state index is -4.64. The molecule has 0 aliphatic heterocycles. The Morgan fingerprint density at radius 1 is 1.20 bits per heavy atom. The quantitative estimate of drug-likeness (QED) is 0.847. The van der Waals surface area contributed by atoms with Crippen molar-refractivity contribution in [2.45, 2.75) is 51.9 Å². The van der Waals surface area contributed by atoms with E-state index in [9.17, 15) is 13.2 Å². The molecule has 1 atom stereocenters. The molecule has 1 aliphatic rings. The zero-order valence-corrected chi connectivity index (χ0v) is 11.8. The lowest BCUT2D eigenvalue weighted by atomic mass is 9.75. The van der Waals surface area contributed by atoms with Crippen molar-refractivity contribution in [1.82, 2.24) is 0 Å². The molecule has 1 unspecified atom stereocenters. The van der Waals surface area contributed by atoms with Crippen LogP contribution in [-0.2, 0) is 0 Å². The van der Waals surface area contributed by atoms with Gasteiger partial charge in [0.15, 0.2) is 0 Å². The van der Waals surface area contributed by atoms with Gasteiger partial charge >= 0.3 is 6.36 Å². The molecule has 1 N–H and O–H groups in total. The highest BCUT2D eigenvalue weighted by molar-refractivity contribution is 5.47. The van der Waals surface area contributed by atoms with Gasteiger partial charge in [0.05, 0.1) is 0 Å². The monoisotopic (exact) mass is 287 g/mol. The molecule has 0 aromatic heterocycles. The first-order chi connectivity index (χ1) is 9.23. The van der Waals surface area contributed by atoms with Crippen molar-refractivity contribution in [2.24, 2.45) is 5.41 Å². The van der Waals surface area contributed by atoms with E-state index in [1.807, 2.05) is 0 Å². The van der Waals surface area contributed by atoms with Gasteiger partial charge in [0.2, 0.25) is 0 Å². The van der Waals surface area contributed by atoms with Crippen LogP contribution >= 0.6 is 0 Å². The molecule has 2 rings (SSSR count). The van der Waals surface area contributed by atoms with Crippen LogP contribution in [0.4, 0.5) is 18.9 Å². The molecule has 1 aromatic carbocycles. The average molecular weight is 287 g/mol. The lowest BCUT2D eigenvalue weighted by Crippen LogP contribution is -2.31. The maximum atomic E-state index is 12.1. The average Bonchev–Trinajstić information content (AvgIpc) is 2.28. The summed E-state index contributed by atoms with van der Waals surface area (Å²) in [5.41, 5.74) is 1.16. The molecule has 0 heterocycles. The number of halogens is 3. The minimum absolute atomic E-state index is 0.188. The lowest BCUT2D eigenvalue weighted by Gasteiger charge is -2.36. The van der Waals surface area contributed by atoms with Crippen molar-refractivity contribution in [3.63, 3.8) is 0 Å². The summed E-state index contributed by atoms with van der Waals surface area (Å²) < 4.78 is 40.0. The number of anilines is 1. The molecule has 1 aromatic rings. The van der Waals surface area contributed by atoms with E-state index in [1.54, 1.807) is 12.1 Å². The van der Waals surface area contributed by atoms with Gasteiger partial charge < -0.3 is 10.1 Å². The Labute approximate surface area is 117 Å². The molecule has 0 radical (unpaired) electrons. The van der Waals surface area contributed by atoms with Crippen molar-refractivity contribution in [3.05, 3.63) is 24.3 Å². The summed E-state index contributed by atoms with van der Waals surface area (Å²) in [5, 5.41) is 3.39. The van der Waals surface area contributed by atoms with E-state index in [2.05, 4.69) is 23.9 Å². The van der Waals surface area contributed by atoms with Gasteiger partial charge in [-0.05, 0) is 48.9 Å². The molecule has 0 amide bonds. The smallest absolute Gasteiger partial charge is 0.406 e. The van der Waals surface area contributed by atoms with E-state index in [0.29, 0.717) is 11.5 Å². The van der Waals surface area contributed by atoms with E-state index in [-0.39, 0.29) is 5.75 Å². The Morgan fingerprint density at radius 2 is 1.85 bits per heavy atom. The van der Waals surface area contributed by atoms with Crippen LogP contribution in [0, 0.1) is 5.41 Å². The van der Waals surface area contributed by atoms with Crippen LogP contribution in [0.15, 0.2) is 24.3 Å². The fourth-order valence-electron chi connectivity index (χ4n) is 2.81. The first kappa shape index (κ1) is 15.0. The summed E-state index contributed by atoms with van der Waals surface area (Å²) in [6.07, 6.45) is -0.0517. The molecule has 5 heteroatoms. The molecule has 112 valence electrons. The molecular weight excluding hydrogens is 267 g/mol. The van der Waals surface area contributed by atoms with Gasteiger partial charge in [-0.25, -0.2) is 0 Å². The Hall–Kier alpha value is -1.39. The summed E-state index contributed by atoms with van der Waals surface area (Å²) in [6.45, 7) is 4.50. The first-order valence-corrected chi connectivity index (χ1v) is 6.86. The third-order valence-corrected chi connectivity index (χ3v) is 3.66. The van der Waals surface area contributed by atoms with Crippen molar-refractivity contribution in [3.8, 4) is 5.75 Å². The predicted octanol–water partition coefficient (Wildman–Crippen LogP) is 4.97. The number of nitrogens with one attached hydrogen (secondary N) is 1. The fraction of sp³-hybridized carbons (Fsp3) is 0.600. The van der Waals surface area contributed by atoms with Gasteiger partial charge in [0.1, 0.15) is 5.75 Å². The highest BCUT2D eigenvalue weighted by Crippen LogP contribution is 2.36. The van der Waals surface area contributed by atoms with E-state index in [4.69, 9.17) is 0 Å². The summed E-state index contributed by atoms with van der Waals surface area (Å²) >= 11 is 0. The molecular formula is C15H20F3NO. The van der Waals surface area contributed by atoms with Crippen LogP contribution in [-0.4, -0.2) is 12.4 Å². The lowest BCUT2D eigenvalue weighted by molar-refractivity contribution is -0.274. The van der Waals surface area contributed by atoms with Crippen LogP contribution < -0.4 is 10.1 Å². The molecule has 20 heavy (non-hydrogen) atoms. The number of alkyl halides is 3. The molecule has 0 saturated heterocycles. The maximum absolute atomic E-state index is 12.1. The highest BCUT2D eigenvalue weighted by Gasteiger charge is 2.31. The largest absolute Gasteiger partial charge is 0.573 e. The number of benzene rings is 1. The maximum Gasteiger partial charge on any atom is 0.573 e. The van der Waals surface area contributed by atoms with Gasteiger partial charge in [-0.1, -0.05) is 20.3 Å². The molecule has 1 aliphatic carbocycles. The predicted molar refractivity (Wildman–Crippen MR) is 72.8 cm³/mol. The van der Waals surface area contributed by atoms with Crippen molar-refractivity contribution in [1.29, 1.82) is 0 Å². The molecule has 1 fully saturated rings. The van der Waals surface area contributed by atoms with E-state index >= 15 is 0 Å². The standard InChI is InChI=1S/C15H20F3NO/c1-14(2)9-3-4-12(10-14)19-11-5-7-13(8-6-11)20-15(16,17)18/h5-8,12,19H,3-4,9-10H2,1-2H3. The van der Waals surface area contributed by atoms with Crippen LogP contribution in [0.1, 0.15) is 39.5 Å². The summed E-state index contributed by atoms with van der Waals surface area (Å²) in [6, 6.07) is 6.31. The number of rotatable bonds is 3. The van der Waals surface area contributed by atoms with Crippen LogP contribution in [0.3, 0.4) is 0 Å². The first-order valence-electron chi connectivity index (χ1n) is 6.86. The highest BCUT2D eigenvalue weighted by atomic mass is 19.4. The molecule has 0 bridgehead atoms. The van der Waals surface area contributed by atoms with E-state index in [1.165, 1.54) is 25.0 Å². The van der Waals surface area contributed by atoms with Crippen molar-refractivity contribution >= 4 is 5.69 Å². The molecule has 1 saturated carbocycles. The van der Waals surface area contributed by atoms with E-state index < -0.39 is 6.36 Å². The van der Waals surface area contributed by atoms with Gasteiger partial charge in [-0.3, -0.25) is 0 Å². The Bertz CT molecular complexity index is 439. The summed E-state index contributed by atoms with van der Waals surface area (Å²) in [7, 11) is 0. The van der Waals surface area contributed by atoms with Crippen molar-refractivity contribution in [2.75, 3.05) is 5.32 Å². The number of hydrogen-bond donors (Lipinski definition) is 1. The van der Waals surface area contributed by atoms with Gasteiger partial charge in [0, 0.05) is 11.7 Å². The zero-order valence-electron chi connectivity index (χ0n) is 11.8. The van der Waals surface area contributed by atoms with Gasteiger partial charge in [-0.15, -0.1) is 13.2 Å². The summed E-state index contributed by atoms with van der Waals surface area (Å²) in [5.74, 6) is -0.188. The van der Waals surface area contributed by atoms with Gasteiger partial charge in [-0.2, -0.15) is 0 Å². The van der Waals surface area contributed by atoms with Gasteiger partial charge in [0.25, 0.3) is 0 Å². The SMILES string of the molecule is CC1(C)CCCC(Nc2ccc(OC(F)(F)F)cc2)C1. The fourth-order valence-corrected chi connectivity index (χ4v) is 2.81. The molecule has 0 spiro atoms. The minimum Gasteiger partial charge on any atom is -0.406 e. The summed E-state index contributed by atoms with van der Waals surface area (Å²) in [4.78, 5) is 0. The third kappa shape index (κ3) is 4.62. The zero-order chi connectivity index (χ0) is 14.8. The Morgan fingerprint density at radius 3 is 2.40 bits per heavy atom. The second-order valence-corrected chi connectivity index (χ2v) is 6.17. The second kappa shape index (κ2) is 5.54. The van der Waals surface area contributed by atoms with Crippen molar-refractivity contribution < 1.29 is 17.9 Å². The normalized spacial score (nSPS) is 22.4. The Kier molecular flexibility index (Phi) is 4.16. The van der Waals surface area contributed by atoms with Crippen LogP contribution in [0.5, 0.6) is 5.75 Å².